The molecule has 4 heteroatoms. The highest BCUT2D eigenvalue weighted by atomic mass is 16.4. The Kier molecular flexibility index (Phi) is 4.83. The van der Waals surface area contributed by atoms with Crippen LogP contribution in [0.15, 0.2) is 0 Å². The minimum atomic E-state index is -0.738. The standard InChI is InChI=1S/C15H25NO3/c1-10(6-7-13(17)18)8-9-16-15(19)14-11-4-2-3-5-12(11)14/h10-12,14H,2-9H2,1H3,(H,16,19)(H,17,18). The van der Waals surface area contributed by atoms with E-state index in [1.807, 2.05) is 6.92 Å². The highest BCUT2D eigenvalue weighted by molar-refractivity contribution is 5.82. The van der Waals surface area contributed by atoms with Gasteiger partial charge in [-0.25, -0.2) is 0 Å². The van der Waals surface area contributed by atoms with Crippen LogP contribution in [0.5, 0.6) is 0 Å². The predicted molar refractivity (Wildman–Crippen MR) is 72.6 cm³/mol. The fourth-order valence-corrected chi connectivity index (χ4v) is 3.46. The van der Waals surface area contributed by atoms with Gasteiger partial charge in [0.05, 0.1) is 0 Å². The monoisotopic (exact) mass is 267 g/mol. The van der Waals surface area contributed by atoms with Crippen molar-refractivity contribution in [2.24, 2.45) is 23.7 Å². The van der Waals surface area contributed by atoms with Crippen LogP contribution in [0.2, 0.25) is 0 Å². The summed E-state index contributed by atoms with van der Waals surface area (Å²) in [6.07, 6.45) is 6.84. The molecule has 4 nitrogen and oxygen atoms in total. The number of amides is 1. The van der Waals surface area contributed by atoms with E-state index in [-0.39, 0.29) is 18.2 Å². The Labute approximate surface area is 115 Å². The lowest BCUT2D eigenvalue weighted by Crippen LogP contribution is -2.28. The number of carboxylic acid groups (broad SMARTS) is 1. The lowest BCUT2D eigenvalue weighted by atomic mass is 10.0. The quantitative estimate of drug-likeness (QED) is 0.744. The van der Waals surface area contributed by atoms with Gasteiger partial charge in [-0.3, -0.25) is 9.59 Å². The maximum absolute atomic E-state index is 12.0. The van der Waals surface area contributed by atoms with Crippen LogP contribution in [-0.2, 0) is 9.59 Å². The summed E-state index contributed by atoms with van der Waals surface area (Å²) in [5.41, 5.74) is 0. The highest BCUT2D eigenvalue weighted by Gasteiger charge is 2.54. The van der Waals surface area contributed by atoms with Gasteiger partial charge in [0.2, 0.25) is 5.91 Å². The summed E-state index contributed by atoms with van der Waals surface area (Å²) in [4.78, 5) is 22.5. The van der Waals surface area contributed by atoms with Crippen LogP contribution >= 0.6 is 0 Å². The zero-order valence-corrected chi connectivity index (χ0v) is 11.7. The molecule has 2 saturated carbocycles. The Bertz CT molecular complexity index is 330. The third-order valence-corrected chi connectivity index (χ3v) is 4.75. The molecule has 2 fully saturated rings. The van der Waals surface area contributed by atoms with E-state index in [0.29, 0.717) is 30.7 Å². The second-order valence-corrected chi connectivity index (χ2v) is 6.26. The molecule has 2 aliphatic carbocycles. The molecule has 2 N–H and O–H groups in total. The molecule has 0 aromatic heterocycles. The maximum atomic E-state index is 12.0. The van der Waals surface area contributed by atoms with Crippen LogP contribution in [0.1, 0.15) is 51.9 Å². The lowest BCUT2D eigenvalue weighted by Gasteiger charge is -2.10. The van der Waals surface area contributed by atoms with Crippen molar-refractivity contribution in [2.75, 3.05) is 6.54 Å². The summed E-state index contributed by atoms with van der Waals surface area (Å²) >= 11 is 0. The van der Waals surface area contributed by atoms with E-state index in [0.717, 1.165) is 6.42 Å². The van der Waals surface area contributed by atoms with E-state index in [9.17, 15) is 9.59 Å². The molecule has 0 aliphatic heterocycles. The number of hydrogen-bond donors (Lipinski definition) is 2. The first-order valence-electron chi connectivity index (χ1n) is 7.59. The van der Waals surface area contributed by atoms with Crippen molar-refractivity contribution in [3.8, 4) is 0 Å². The number of rotatable bonds is 7. The van der Waals surface area contributed by atoms with Crippen molar-refractivity contribution < 1.29 is 14.7 Å². The molecule has 2 rings (SSSR count). The van der Waals surface area contributed by atoms with Crippen LogP contribution in [0.4, 0.5) is 0 Å². The van der Waals surface area contributed by atoms with Crippen molar-refractivity contribution in [1.29, 1.82) is 0 Å². The molecule has 19 heavy (non-hydrogen) atoms. The van der Waals surface area contributed by atoms with E-state index >= 15 is 0 Å². The van der Waals surface area contributed by atoms with Gasteiger partial charge in [-0.15, -0.1) is 0 Å². The lowest BCUT2D eigenvalue weighted by molar-refractivity contribution is -0.137. The van der Waals surface area contributed by atoms with Crippen LogP contribution in [0.25, 0.3) is 0 Å². The Morgan fingerprint density at radius 3 is 2.42 bits per heavy atom. The molecule has 108 valence electrons. The molecule has 0 radical (unpaired) electrons. The molecule has 0 spiro atoms. The SMILES string of the molecule is CC(CCNC(=O)C1C2CCCCC21)CCC(=O)O. The minimum Gasteiger partial charge on any atom is -0.481 e. The molecule has 2 aliphatic rings. The highest BCUT2D eigenvalue weighted by Crippen LogP contribution is 2.55. The molecule has 0 aromatic carbocycles. The molecule has 0 heterocycles. The van der Waals surface area contributed by atoms with Gasteiger partial charge in [-0.1, -0.05) is 19.8 Å². The van der Waals surface area contributed by atoms with Crippen LogP contribution < -0.4 is 5.32 Å². The van der Waals surface area contributed by atoms with Gasteiger partial charge in [0.15, 0.2) is 0 Å². The van der Waals surface area contributed by atoms with Gasteiger partial charge in [0.25, 0.3) is 0 Å². The molecule has 0 bridgehead atoms. The van der Waals surface area contributed by atoms with Gasteiger partial charge < -0.3 is 10.4 Å². The number of carboxylic acids is 1. The third-order valence-electron chi connectivity index (χ3n) is 4.75. The maximum Gasteiger partial charge on any atom is 0.303 e. The average Bonchev–Trinajstić information content (AvgIpc) is 3.10. The number of fused-ring (bicyclic) bond motifs is 1. The van der Waals surface area contributed by atoms with Crippen LogP contribution in [-0.4, -0.2) is 23.5 Å². The summed E-state index contributed by atoms with van der Waals surface area (Å²) in [7, 11) is 0. The molecule has 0 aromatic rings. The molecule has 1 amide bonds. The average molecular weight is 267 g/mol. The molecule has 0 saturated heterocycles. The Morgan fingerprint density at radius 1 is 1.21 bits per heavy atom. The van der Waals surface area contributed by atoms with Gasteiger partial charge in [-0.05, 0) is 43.4 Å². The topological polar surface area (TPSA) is 66.4 Å². The van der Waals surface area contributed by atoms with E-state index in [4.69, 9.17) is 5.11 Å². The van der Waals surface area contributed by atoms with Gasteiger partial charge in [-0.2, -0.15) is 0 Å². The fraction of sp³-hybridized carbons (Fsp3) is 0.867. The zero-order valence-electron chi connectivity index (χ0n) is 11.7. The van der Waals surface area contributed by atoms with E-state index in [2.05, 4.69) is 5.32 Å². The van der Waals surface area contributed by atoms with Crippen molar-refractivity contribution >= 4 is 11.9 Å². The first-order chi connectivity index (χ1) is 9.09. The number of carbonyl (C=O) groups is 2. The third kappa shape index (κ3) is 3.95. The van der Waals surface area contributed by atoms with Crippen LogP contribution in [0.3, 0.4) is 0 Å². The summed E-state index contributed by atoms with van der Waals surface area (Å²) in [6.45, 7) is 2.74. The first-order valence-corrected chi connectivity index (χ1v) is 7.59. The van der Waals surface area contributed by atoms with Gasteiger partial charge in [0, 0.05) is 18.9 Å². The molecule has 3 unspecified atom stereocenters. The van der Waals surface area contributed by atoms with Gasteiger partial charge >= 0.3 is 5.97 Å². The van der Waals surface area contributed by atoms with Crippen molar-refractivity contribution in [2.45, 2.75) is 51.9 Å². The zero-order chi connectivity index (χ0) is 13.8. The summed E-state index contributed by atoms with van der Waals surface area (Å²) in [5.74, 6) is 1.48. The van der Waals surface area contributed by atoms with E-state index in [1.165, 1.54) is 25.7 Å². The van der Waals surface area contributed by atoms with E-state index in [1.54, 1.807) is 0 Å². The van der Waals surface area contributed by atoms with Crippen molar-refractivity contribution in [3.63, 3.8) is 0 Å². The molecular weight excluding hydrogens is 242 g/mol. The predicted octanol–water partition coefficient (Wildman–Crippen LogP) is 2.43. The number of nitrogens with one attached hydrogen (secondary N) is 1. The number of aliphatic carboxylic acids is 1. The minimum absolute atomic E-state index is 0.224. The molecule has 3 atom stereocenters. The number of carbonyl (C=O) groups excluding carboxylic acids is 1. The first kappa shape index (κ1) is 14.4. The second kappa shape index (κ2) is 6.40. The van der Waals surface area contributed by atoms with Crippen molar-refractivity contribution in [3.05, 3.63) is 0 Å². The number of hydrogen-bond acceptors (Lipinski definition) is 2. The summed E-state index contributed by atoms with van der Waals surface area (Å²) in [5, 5.41) is 11.6. The van der Waals surface area contributed by atoms with Crippen LogP contribution in [0, 0.1) is 23.7 Å². The Balaban J connectivity index is 1.58. The summed E-state index contributed by atoms with van der Waals surface area (Å²) in [6, 6.07) is 0. The Morgan fingerprint density at radius 2 is 1.84 bits per heavy atom. The largest absolute Gasteiger partial charge is 0.481 e. The summed E-state index contributed by atoms with van der Waals surface area (Å²) < 4.78 is 0. The normalized spacial score (nSPS) is 30.3. The van der Waals surface area contributed by atoms with Gasteiger partial charge in [0.1, 0.15) is 0 Å². The fourth-order valence-electron chi connectivity index (χ4n) is 3.46. The smallest absolute Gasteiger partial charge is 0.303 e. The molecular formula is C15H25NO3. The van der Waals surface area contributed by atoms with E-state index < -0.39 is 5.97 Å². The second-order valence-electron chi connectivity index (χ2n) is 6.26. The Hall–Kier alpha value is -1.06. The van der Waals surface area contributed by atoms with Crippen molar-refractivity contribution in [1.82, 2.24) is 5.32 Å².